The van der Waals surface area contributed by atoms with E-state index in [1.54, 1.807) is 26.0 Å². The van der Waals surface area contributed by atoms with Gasteiger partial charge in [-0.2, -0.15) is 5.26 Å². The van der Waals surface area contributed by atoms with Crippen LogP contribution in [0.15, 0.2) is 27.6 Å². The maximum Gasteiger partial charge on any atom is 0.266 e. The molecule has 1 atom stereocenters. The SMILES string of the molecule is Cc1[nH]c(=O)c(C#N)c(C)c1CCC(=O)NCC(O)c1ccco1. The lowest BCUT2D eigenvalue weighted by Crippen LogP contribution is -2.28. The zero-order valence-electron chi connectivity index (χ0n) is 13.5. The van der Waals surface area contributed by atoms with Crippen LogP contribution in [0.25, 0.3) is 0 Å². The van der Waals surface area contributed by atoms with Crippen molar-refractivity contribution < 1.29 is 14.3 Å². The lowest BCUT2D eigenvalue weighted by Gasteiger charge is -2.12. The van der Waals surface area contributed by atoms with Crippen molar-refractivity contribution in [3.05, 3.63) is 56.9 Å². The molecular weight excluding hydrogens is 310 g/mol. The minimum atomic E-state index is -0.898. The summed E-state index contributed by atoms with van der Waals surface area (Å²) in [5.41, 5.74) is 1.70. The Balaban J connectivity index is 1.95. The number of carbonyl (C=O) groups excluding carboxylic acids is 1. The summed E-state index contributed by atoms with van der Waals surface area (Å²) in [4.78, 5) is 26.3. The average molecular weight is 329 g/mol. The van der Waals surface area contributed by atoms with Crippen LogP contribution in [-0.2, 0) is 11.2 Å². The molecule has 0 saturated carbocycles. The molecule has 7 heteroatoms. The van der Waals surface area contributed by atoms with E-state index in [0.717, 1.165) is 5.56 Å². The van der Waals surface area contributed by atoms with Crippen LogP contribution in [-0.4, -0.2) is 22.5 Å². The molecule has 126 valence electrons. The minimum absolute atomic E-state index is 0.0549. The van der Waals surface area contributed by atoms with Crippen LogP contribution in [0, 0.1) is 25.2 Å². The standard InChI is InChI=1S/C17H19N3O4/c1-10-12(11(2)20-17(23)13(10)8-18)5-6-16(22)19-9-14(21)15-4-3-7-24-15/h3-4,7,14,21H,5-6,9H2,1-2H3,(H,19,22)(H,20,23). The Morgan fingerprint density at radius 1 is 1.50 bits per heavy atom. The van der Waals surface area contributed by atoms with Crippen molar-refractivity contribution >= 4 is 5.91 Å². The Bertz CT molecular complexity index is 816. The fourth-order valence-corrected chi connectivity index (χ4v) is 2.54. The fourth-order valence-electron chi connectivity index (χ4n) is 2.54. The number of hydrogen-bond acceptors (Lipinski definition) is 5. The largest absolute Gasteiger partial charge is 0.467 e. The molecule has 1 amide bonds. The molecular formula is C17H19N3O4. The van der Waals surface area contributed by atoms with Crippen molar-refractivity contribution in [3.63, 3.8) is 0 Å². The van der Waals surface area contributed by atoms with Gasteiger partial charge < -0.3 is 19.8 Å². The lowest BCUT2D eigenvalue weighted by molar-refractivity contribution is -0.121. The summed E-state index contributed by atoms with van der Waals surface area (Å²) in [6.45, 7) is 3.50. The second-order valence-corrected chi connectivity index (χ2v) is 5.50. The Hall–Kier alpha value is -2.85. The van der Waals surface area contributed by atoms with Gasteiger partial charge in [0.15, 0.2) is 0 Å². The zero-order chi connectivity index (χ0) is 17.7. The molecule has 0 aromatic carbocycles. The van der Waals surface area contributed by atoms with Crippen molar-refractivity contribution in [2.45, 2.75) is 32.8 Å². The van der Waals surface area contributed by atoms with E-state index in [0.29, 0.717) is 23.4 Å². The van der Waals surface area contributed by atoms with Crippen molar-refractivity contribution in [1.82, 2.24) is 10.3 Å². The van der Waals surface area contributed by atoms with Crippen LogP contribution >= 0.6 is 0 Å². The van der Waals surface area contributed by atoms with E-state index in [-0.39, 0.29) is 24.4 Å². The first-order valence-corrected chi connectivity index (χ1v) is 7.54. The molecule has 2 rings (SSSR count). The number of nitrogens with zero attached hydrogens (tertiary/aromatic N) is 1. The summed E-state index contributed by atoms with van der Waals surface area (Å²) in [6.07, 6.45) is 1.13. The number of aromatic amines is 1. The van der Waals surface area contributed by atoms with Crippen LogP contribution in [0.1, 0.15) is 40.7 Å². The maximum absolute atomic E-state index is 11.9. The number of hydrogen-bond donors (Lipinski definition) is 3. The topological polar surface area (TPSA) is 119 Å². The molecule has 0 bridgehead atoms. The predicted octanol–water partition coefficient (Wildman–Crippen LogP) is 1.24. The van der Waals surface area contributed by atoms with Gasteiger partial charge in [-0.05, 0) is 43.5 Å². The van der Waals surface area contributed by atoms with Crippen molar-refractivity contribution in [2.24, 2.45) is 0 Å². The first-order valence-electron chi connectivity index (χ1n) is 7.54. The molecule has 7 nitrogen and oxygen atoms in total. The first-order chi connectivity index (χ1) is 11.4. The third-order valence-corrected chi connectivity index (χ3v) is 3.89. The Kier molecular flexibility index (Phi) is 5.55. The number of carbonyl (C=O) groups is 1. The highest BCUT2D eigenvalue weighted by Gasteiger charge is 2.15. The Morgan fingerprint density at radius 3 is 2.88 bits per heavy atom. The number of nitrogens with one attached hydrogen (secondary N) is 2. The van der Waals surface area contributed by atoms with E-state index in [4.69, 9.17) is 9.68 Å². The van der Waals surface area contributed by atoms with Gasteiger partial charge in [0.1, 0.15) is 23.5 Å². The molecule has 2 aromatic heterocycles. The number of rotatable bonds is 6. The molecule has 24 heavy (non-hydrogen) atoms. The molecule has 0 aliphatic carbocycles. The second kappa shape index (κ2) is 7.62. The summed E-state index contributed by atoms with van der Waals surface area (Å²) in [5, 5.41) is 21.5. The maximum atomic E-state index is 11.9. The number of aromatic nitrogens is 1. The number of furan rings is 1. The van der Waals surface area contributed by atoms with Gasteiger partial charge in [-0.25, -0.2) is 0 Å². The van der Waals surface area contributed by atoms with E-state index in [2.05, 4.69) is 10.3 Å². The van der Waals surface area contributed by atoms with Gasteiger partial charge in [-0.1, -0.05) is 0 Å². The fraction of sp³-hybridized carbons (Fsp3) is 0.353. The zero-order valence-corrected chi connectivity index (χ0v) is 13.5. The van der Waals surface area contributed by atoms with Crippen LogP contribution in [0.4, 0.5) is 0 Å². The van der Waals surface area contributed by atoms with E-state index >= 15 is 0 Å². The van der Waals surface area contributed by atoms with Crippen molar-refractivity contribution in [2.75, 3.05) is 6.54 Å². The summed E-state index contributed by atoms with van der Waals surface area (Å²) >= 11 is 0. The van der Waals surface area contributed by atoms with Crippen LogP contribution in [0.5, 0.6) is 0 Å². The Morgan fingerprint density at radius 2 is 2.25 bits per heavy atom. The smallest absolute Gasteiger partial charge is 0.266 e. The molecule has 0 aliphatic rings. The first kappa shape index (κ1) is 17.5. The van der Waals surface area contributed by atoms with Gasteiger partial charge in [-0.15, -0.1) is 0 Å². The van der Waals surface area contributed by atoms with E-state index in [1.807, 2.05) is 6.07 Å². The third-order valence-electron chi connectivity index (χ3n) is 3.89. The number of aryl methyl sites for hydroxylation is 1. The molecule has 3 N–H and O–H groups in total. The second-order valence-electron chi connectivity index (χ2n) is 5.50. The summed E-state index contributed by atoms with van der Waals surface area (Å²) in [6, 6.07) is 5.18. The monoisotopic (exact) mass is 329 g/mol. The summed E-state index contributed by atoms with van der Waals surface area (Å²) in [5.74, 6) is 0.158. The van der Waals surface area contributed by atoms with Gasteiger partial charge in [-0.3, -0.25) is 9.59 Å². The van der Waals surface area contributed by atoms with Gasteiger partial charge in [0.25, 0.3) is 5.56 Å². The number of amides is 1. The summed E-state index contributed by atoms with van der Waals surface area (Å²) < 4.78 is 5.06. The number of pyridine rings is 1. The molecule has 0 fully saturated rings. The van der Waals surface area contributed by atoms with Gasteiger partial charge >= 0.3 is 0 Å². The quantitative estimate of drug-likeness (QED) is 0.736. The lowest BCUT2D eigenvalue weighted by atomic mass is 9.99. The molecule has 1 unspecified atom stereocenters. The molecule has 2 aromatic rings. The molecule has 2 heterocycles. The highest BCUT2D eigenvalue weighted by Crippen LogP contribution is 2.15. The van der Waals surface area contributed by atoms with E-state index in [9.17, 15) is 14.7 Å². The van der Waals surface area contributed by atoms with Gasteiger partial charge in [0, 0.05) is 12.1 Å². The predicted molar refractivity (Wildman–Crippen MR) is 86.3 cm³/mol. The number of nitriles is 1. The normalized spacial score (nSPS) is 11.8. The Labute approximate surface area is 138 Å². The number of aliphatic hydroxyl groups is 1. The molecule has 0 saturated heterocycles. The van der Waals surface area contributed by atoms with Crippen LogP contribution in [0.2, 0.25) is 0 Å². The van der Waals surface area contributed by atoms with E-state index < -0.39 is 11.7 Å². The molecule has 0 radical (unpaired) electrons. The third kappa shape index (κ3) is 3.91. The van der Waals surface area contributed by atoms with Gasteiger partial charge in [0.05, 0.1) is 12.8 Å². The highest BCUT2D eigenvalue weighted by molar-refractivity contribution is 5.76. The van der Waals surface area contributed by atoms with Crippen molar-refractivity contribution in [3.8, 4) is 6.07 Å². The number of aliphatic hydroxyl groups excluding tert-OH is 1. The van der Waals surface area contributed by atoms with Crippen molar-refractivity contribution in [1.29, 1.82) is 5.26 Å². The van der Waals surface area contributed by atoms with Gasteiger partial charge in [0.2, 0.25) is 5.91 Å². The molecule has 0 spiro atoms. The minimum Gasteiger partial charge on any atom is -0.467 e. The van der Waals surface area contributed by atoms with Crippen LogP contribution < -0.4 is 10.9 Å². The van der Waals surface area contributed by atoms with Crippen LogP contribution in [0.3, 0.4) is 0 Å². The highest BCUT2D eigenvalue weighted by atomic mass is 16.4. The molecule has 0 aliphatic heterocycles. The number of H-pyrrole nitrogens is 1. The van der Waals surface area contributed by atoms with E-state index in [1.165, 1.54) is 6.26 Å². The summed E-state index contributed by atoms with van der Waals surface area (Å²) in [7, 11) is 0. The average Bonchev–Trinajstić information content (AvgIpc) is 3.07.